The standard InChI is InChI=1S/C25H31N3O3/c1-4-6-8-12-26-25(29)20-14-19-18(9-7-5-2)16(3)27-24(19)23(28-20)17-10-11-21-22(13-17)31-15-30-21/h5,7,9-11,13,20,23,27-28H,3-4,6,8,12,14-15H2,1-2H3,(H,26,29)/p+1/b7-5-,18-9+/t20-,23-/m1/s1. The predicted octanol–water partition coefficient (Wildman–Crippen LogP) is 1.34. The van der Waals surface area contributed by atoms with Crippen LogP contribution < -0.4 is 30.4 Å². The Kier molecular flexibility index (Phi) is 6.47. The molecule has 2 aliphatic rings. The highest BCUT2D eigenvalue weighted by atomic mass is 16.7. The van der Waals surface area contributed by atoms with Gasteiger partial charge in [-0.15, -0.1) is 0 Å². The summed E-state index contributed by atoms with van der Waals surface area (Å²) < 4.78 is 11.1. The van der Waals surface area contributed by atoms with Crippen LogP contribution in [-0.4, -0.2) is 35.4 Å². The Morgan fingerprint density at radius 2 is 2.13 bits per heavy atom. The number of hydrogen-bond acceptors (Lipinski definition) is 3. The van der Waals surface area contributed by atoms with Gasteiger partial charge in [-0.05, 0) is 36.6 Å². The van der Waals surface area contributed by atoms with Crippen molar-refractivity contribution in [3.63, 3.8) is 0 Å². The molecule has 1 aromatic heterocycles. The monoisotopic (exact) mass is 422 g/mol. The van der Waals surface area contributed by atoms with Crippen molar-refractivity contribution in [2.45, 2.75) is 51.6 Å². The SMILES string of the molecule is C=c1[nH]c2c(/c1=C/C=C\C)C[C@H](C(O)=[NH+]CCCCC)N[C@@H]2c1ccc2c(c1)OCO2. The molecule has 0 radical (unpaired) electrons. The van der Waals surface area contributed by atoms with Gasteiger partial charge in [-0.1, -0.05) is 44.2 Å². The van der Waals surface area contributed by atoms with Crippen molar-refractivity contribution in [3.8, 4) is 11.5 Å². The molecule has 2 atom stereocenters. The molecule has 0 saturated carbocycles. The zero-order chi connectivity index (χ0) is 21.8. The van der Waals surface area contributed by atoms with Gasteiger partial charge in [0.1, 0.15) is 12.6 Å². The first-order valence-electron chi connectivity index (χ1n) is 11.1. The zero-order valence-corrected chi connectivity index (χ0v) is 18.3. The van der Waals surface area contributed by atoms with E-state index < -0.39 is 0 Å². The third-order valence-corrected chi connectivity index (χ3v) is 5.93. The van der Waals surface area contributed by atoms with Crippen molar-refractivity contribution in [1.29, 1.82) is 0 Å². The lowest BCUT2D eigenvalue weighted by Gasteiger charge is -2.29. The lowest BCUT2D eigenvalue weighted by molar-refractivity contribution is -0.469. The third kappa shape index (κ3) is 4.39. The number of aliphatic hydroxyl groups is 1. The number of H-pyrrole nitrogens is 1. The summed E-state index contributed by atoms with van der Waals surface area (Å²) >= 11 is 0. The van der Waals surface area contributed by atoms with Crippen LogP contribution in [0.4, 0.5) is 0 Å². The number of aliphatic hydroxyl groups excluding tert-OH is 1. The zero-order valence-electron chi connectivity index (χ0n) is 18.3. The van der Waals surface area contributed by atoms with Crippen LogP contribution in [-0.2, 0) is 6.42 Å². The first-order chi connectivity index (χ1) is 15.1. The van der Waals surface area contributed by atoms with E-state index >= 15 is 0 Å². The number of ether oxygens (including phenoxy) is 2. The summed E-state index contributed by atoms with van der Waals surface area (Å²) in [6.07, 6.45) is 10.1. The van der Waals surface area contributed by atoms with Gasteiger partial charge in [-0.25, -0.2) is 4.99 Å². The van der Waals surface area contributed by atoms with Crippen molar-refractivity contribution in [3.05, 3.63) is 57.7 Å². The molecule has 164 valence electrons. The molecule has 2 aromatic rings. The fourth-order valence-corrected chi connectivity index (χ4v) is 4.29. The number of benzene rings is 1. The highest BCUT2D eigenvalue weighted by Crippen LogP contribution is 2.36. The van der Waals surface area contributed by atoms with Gasteiger partial charge in [-0.3, -0.25) is 5.32 Å². The molecule has 3 heterocycles. The molecule has 0 bridgehead atoms. The first-order valence-corrected chi connectivity index (χ1v) is 11.1. The van der Waals surface area contributed by atoms with E-state index in [1.54, 1.807) is 0 Å². The maximum atomic E-state index is 10.8. The highest BCUT2D eigenvalue weighted by molar-refractivity contribution is 5.75. The van der Waals surface area contributed by atoms with Crippen LogP contribution in [0.5, 0.6) is 11.5 Å². The Morgan fingerprint density at radius 3 is 2.94 bits per heavy atom. The van der Waals surface area contributed by atoms with Gasteiger partial charge in [0.05, 0.1) is 6.04 Å². The molecule has 6 heteroatoms. The summed E-state index contributed by atoms with van der Waals surface area (Å²) in [4.78, 5) is 6.70. The highest BCUT2D eigenvalue weighted by Gasteiger charge is 2.35. The van der Waals surface area contributed by atoms with Crippen LogP contribution in [0.1, 0.15) is 56.0 Å². The summed E-state index contributed by atoms with van der Waals surface area (Å²) in [5.74, 6) is 1.79. The Labute approximate surface area is 183 Å². The van der Waals surface area contributed by atoms with E-state index in [9.17, 15) is 5.11 Å². The van der Waals surface area contributed by atoms with Crippen LogP contribution in [0.2, 0.25) is 0 Å². The van der Waals surface area contributed by atoms with Crippen LogP contribution in [0, 0.1) is 0 Å². The summed E-state index contributed by atoms with van der Waals surface area (Å²) in [7, 11) is 0. The molecule has 2 aliphatic heterocycles. The van der Waals surface area contributed by atoms with Crippen molar-refractivity contribution in [2.24, 2.45) is 0 Å². The van der Waals surface area contributed by atoms with Gasteiger partial charge in [0.15, 0.2) is 11.5 Å². The van der Waals surface area contributed by atoms with E-state index in [1.165, 1.54) is 5.56 Å². The second-order valence-electron chi connectivity index (χ2n) is 8.09. The van der Waals surface area contributed by atoms with Crippen LogP contribution in [0.3, 0.4) is 0 Å². The minimum absolute atomic E-state index is 0.129. The van der Waals surface area contributed by atoms with Crippen molar-refractivity contribution in [1.82, 2.24) is 10.3 Å². The van der Waals surface area contributed by atoms with E-state index in [0.717, 1.165) is 59.1 Å². The maximum Gasteiger partial charge on any atom is 0.350 e. The molecular weight excluding hydrogens is 390 g/mol. The maximum absolute atomic E-state index is 10.8. The number of hydrogen-bond donors (Lipinski definition) is 4. The molecule has 0 aliphatic carbocycles. The number of aromatic amines is 1. The molecular formula is C25H32N3O3+. The molecule has 1 aromatic carbocycles. The van der Waals surface area contributed by atoms with E-state index in [0.29, 0.717) is 6.42 Å². The lowest BCUT2D eigenvalue weighted by atomic mass is 9.90. The quantitative estimate of drug-likeness (QED) is 0.308. The molecule has 0 fully saturated rings. The molecule has 0 unspecified atom stereocenters. The average Bonchev–Trinajstić information content (AvgIpc) is 3.37. The number of nitrogens with one attached hydrogen (secondary N) is 3. The normalized spacial score (nSPS) is 21.1. The van der Waals surface area contributed by atoms with Crippen molar-refractivity contribution in [2.75, 3.05) is 13.3 Å². The van der Waals surface area contributed by atoms with Crippen molar-refractivity contribution < 1.29 is 19.6 Å². The smallest absolute Gasteiger partial charge is 0.350 e. The molecule has 0 amide bonds. The fourth-order valence-electron chi connectivity index (χ4n) is 4.29. The van der Waals surface area contributed by atoms with E-state index in [-0.39, 0.29) is 24.8 Å². The fraction of sp³-hybridized carbons (Fsp3) is 0.400. The minimum atomic E-state index is -0.211. The lowest BCUT2D eigenvalue weighted by Crippen LogP contribution is -2.77. The van der Waals surface area contributed by atoms with Gasteiger partial charge >= 0.3 is 5.90 Å². The van der Waals surface area contributed by atoms with Gasteiger partial charge in [0.2, 0.25) is 6.79 Å². The second kappa shape index (κ2) is 9.43. The molecule has 31 heavy (non-hydrogen) atoms. The number of rotatable bonds is 7. The number of fused-ring (bicyclic) bond motifs is 2. The molecule has 6 nitrogen and oxygen atoms in total. The van der Waals surface area contributed by atoms with E-state index in [1.807, 2.05) is 37.3 Å². The van der Waals surface area contributed by atoms with Crippen molar-refractivity contribution >= 4 is 18.6 Å². The minimum Gasteiger partial charge on any atom is -0.462 e. The third-order valence-electron chi connectivity index (χ3n) is 5.93. The number of aromatic nitrogens is 1. The number of allylic oxidation sites excluding steroid dienone is 2. The summed E-state index contributed by atoms with van der Waals surface area (Å²) in [6, 6.07) is 5.66. The van der Waals surface area contributed by atoms with Gasteiger partial charge < -0.3 is 19.6 Å². The summed E-state index contributed by atoms with van der Waals surface area (Å²) in [5.41, 5.74) is 3.30. The van der Waals surface area contributed by atoms with Crippen LogP contribution >= 0.6 is 0 Å². The van der Waals surface area contributed by atoms with Gasteiger partial charge in [0.25, 0.3) is 0 Å². The molecule has 0 saturated heterocycles. The Bertz CT molecular complexity index is 1100. The molecule has 0 spiro atoms. The first kappa shape index (κ1) is 21.2. The van der Waals surface area contributed by atoms with E-state index in [2.05, 4.69) is 34.9 Å². The predicted molar refractivity (Wildman–Crippen MR) is 123 cm³/mol. The molecule has 4 N–H and O–H groups in total. The van der Waals surface area contributed by atoms with Crippen LogP contribution in [0.25, 0.3) is 12.7 Å². The molecule has 4 rings (SSSR count). The Hall–Kier alpha value is -2.99. The van der Waals surface area contributed by atoms with E-state index in [4.69, 9.17) is 9.47 Å². The van der Waals surface area contributed by atoms with Crippen LogP contribution in [0.15, 0.2) is 30.4 Å². The summed E-state index contributed by atoms with van der Waals surface area (Å²) in [5, 5.41) is 16.4. The average molecular weight is 423 g/mol. The summed E-state index contributed by atoms with van der Waals surface area (Å²) in [6.45, 7) is 9.41. The van der Waals surface area contributed by atoms with Gasteiger partial charge in [0, 0.05) is 29.1 Å². The van der Waals surface area contributed by atoms with Gasteiger partial charge in [-0.2, -0.15) is 0 Å². The topological polar surface area (TPSA) is 80.5 Å². The largest absolute Gasteiger partial charge is 0.462 e. The second-order valence-corrected chi connectivity index (χ2v) is 8.09. The number of unbranched alkanes of at least 4 members (excludes halogenated alkanes) is 2. The Morgan fingerprint density at radius 1 is 1.29 bits per heavy atom. The Balaban J connectivity index is 1.73.